The van der Waals surface area contributed by atoms with E-state index < -0.39 is 11.4 Å². The second-order valence-electron chi connectivity index (χ2n) is 9.43. The third-order valence-corrected chi connectivity index (χ3v) is 7.61. The molecule has 1 atom stereocenters. The summed E-state index contributed by atoms with van der Waals surface area (Å²) in [5, 5.41) is 9.63. The minimum Gasteiger partial charge on any atom is -0.593 e. The third kappa shape index (κ3) is 8.23. The number of allylic oxidation sites excluding steroid dienone is 3. The first-order valence-electron chi connectivity index (χ1n) is 13.2. The van der Waals surface area contributed by atoms with Crippen molar-refractivity contribution in [1.29, 1.82) is 0 Å². The van der Waals surface area contributed by atoms with Gasteiger partial charge < -0.3 is 14.6 Å². The molecule has 8 heteroatoms. The molecule has 3 aromatic rings. The molecular weight excluding hydrogens is 520 g/mol. The molecule has 1 aliphatic rings. The molecule has 0 radical (unpaired) electrons. The van der Waals surface area contributed by atoms with E-state index in [1.54, 1.807) is 24.4 Å². The largest absolute Gasteiger partial charge is 0.593 e. The number of carbonyl (C=O) groups excluding carboxylic acids is 1. The molecule has 1 aromatic heterocycles. The summed E-state index contributed by atoms with van der Waals surface area (Å²) in [6, 6.07) is 17.2. The summed E-state index contributed by atoms with van der Waals surface area (Å²) in [4.78, 5) is 21.3. The van der Waals surface area contributed by atoms with Crippen LogP contribution in [0.2, 0.25) is 0 Å². The van der Waals surface area contributed by atoms with E-state index in [0.29, 0.717) is 11.1 Å². The Kier molecular flexibility index (Phi) is 10.4. The van der Waals surface area contributed by atoms with E-state index in [0.717, 1.165) is 55.1 Å². The minimum absolute atomic E-state index is 0.103. The van der Waals surface area contributed by atoms with Gasteiger partial charge in [0.1, 0.15) is 5.75 Å². The fraction of sp³-hybridized carbons (Fsp3) is 0.250. The molecule has 1 fully saturated rings. The molecule has 7 nitrogen and oxygen atoms in total. The fourth-order valence-corrected chi connectivity index (χ4v) is 5.40. The number of amides is 1. The Hall–Kier alpha value is -4.03. The first kappa shape index (κ1) is 29.0. The summed E-state index contributed by atoms with van der Waals surface area (Å²) in [6.45, 7) is 8.14. The van der Waals surface area contributed by atoms with Crippen molar-refractivity contribution >= 4 is 23.0 Å². The van der Waals surface area contributed by atoms with Gasteiger partial charge in [-0.3, -0.25) is 14.7 Å². The van der Waals surface area contributed by atoms with Gasteiger partial charge >= 0.3 is 0 Å². The Balaban J connectivity index is 1.30. The summed E-state index contributed by atoms with van der Waals surface area (Å²) in [5.41, 5.74) is 5.27. The van der Waals surface area contributed by atoms with Gasteiger partial charge in [-0.2, -0.15) is 4.72 Å². The molecule has 206 valence electrons. The molecule has 0 aliphatic carbocycles. The average molecular weight is 555 g/mol. The Morgan fingerprint density at radius 3 is 2.52 bits per heavy atom. The standard InChI is InChI=1S/C32H34N4O3S/c1-3-7-25(4-2)24-40(39)34-32(38)28-12-14-30(15-13-28)36-18-16-35(17-19-36)23-29-9-6-5-8-27(29)11-10-26-20-31(37)22-33-21-26/h3-9,12-15,20-22,37H,16-19,23-24H2,1-2H3,(H,34,38)/b7-3-,25-4+. The molecule has 2 N–H and O–H groups in total. The second kappa shape index (κ2) is 14.4. The molecule has 0 bridgehead atoms. The summed E-state index contributed by atoms with van der Waals surface area (Å²) in [6.07, 6.45) is 8.70. The number of hydrogen-bond acceptors (Lipinski definition) is 6. The van der Waals surface area contributed by atoms with Crippen LogP contribution in [-0.4, -0.2) is 57.4 Å². The molecular formula is C32H34N4O3S. The van der Waals surface area contributed by atoms with E-state index in [4.69, 9.17) is 0 Å². The van der Waals surface area contributed by atoms with Crippen molar-refractivity contribution in [1.82, 2.24) is 14.6 Å². The number of nitrogens with one attached hydrogen (secondary N) is 1. The number of hydrogen-bond donors (Lipinski definition) is 2. The molecule has 0 spiro atoms. The van der Waals surface area contributed by atoms with Crippen LogP contribution in [0.1, 0.15) is 40.9 Å². The molecule has 1 unspecified atom stereocenters. The Morgan fingerprint density at radius 1 is 1.07 bits per heavy atom. The summed E-state index contributed by atoms with van der Waals surface area (Å²) in [5.74, 6) is 6.37. The molecule has 2 heterocycles. The first-order valence-corrected chi connectivity index (χ1v) is 14.6. The van der Waals surface area contributed by atoms with Gasteiger partial charge in [0.05, 0.1) is 17.6 Å². The van der Waals surface area contributed by atoms with Crippen LogP contribution in [-0.2, 0) is 17.9 Å². The number of carbonyl (C=O) groups is 1. The van der Waals surface area contributed by atoms with Gasteiger partial charge in [-0.05, 0) is 61.4 Å². The van der Waals surface area contributed by atoms with Gasteiger partial charge in [0.15, 0.2) is 5.75 Å². The van der Waals surface area contributed by atoms with Gasteiger partial charge in [-0.25, -0.2) is 0 Å². The minimum atomic E-state index is -1.48. The van der Waals surface area contributed by atoms with Crippen molar-refractivity contribution in [3.63, 3.8) is 0 Å². The van der Waals surface area contributed by atoms with E-state index in [1.165, 1.54) is 6.20 Å². The van der Waals surface area contributed by atoms with Gasteiger partial charge in [0.2, 0.25) is 0 Å². The van der Waals surface area contributed by atoms with E-state index in [-0.39, 0.29) is 17.4 Å². The highest BCUT2D eigenvalue weighted by molar-refractivity contribution is 7.90. The Morgan fingerprint density at radius 2 is 1.82 bits per heavy atom. The Bertz CT molecular complexity index is 1420. The van der Waals surface area contributed by atoms with Crippen molar-refractivity contribution < 1.29 is 14.5 Å². The fourth-order valence-electron chi connectivity index (χ4n) is 4.44. The van der Waals surface area contributed by atoms with Crippen LogP contribution in [0.4, 0.5) is 5.69 Å². The van der Waals surface area contributed by atoms with Crippen molar-refractivity contribution in [3.05, 3.63) is 113 Å². The molecule has 0 saturated carbocycles. The van der Waals surface area contributed by atoms with Crippen molar-refractivity contribution in [3.8, 4) is 17.6 Å². The number of anilines is 1. The van der Waals surface area contributed by atoms with Crippen LogP contribution in [0.25, 0.3) is 0 Å². The summed E-state index contributed by atoms with van der Waals surface area (Å²) in [7, 11) is 0. The number of rotatable bonds is 8. The van der Waals surface area contributed by atoms with Crippen LogP contribution in [0, 0.1) is 11.8 Å². The maximum Gasteiger partial charge on any atom is 0.292 e. The molecule has 40 heavy (non-hydrogen) atoms. The molecule has 1 saturated heterocycles. The highest BCUT2D eigenvalue weighted by Crippen LogP contribution is 2.20. The number of piperazine rings is 1. The molecule has 4 rings (SSSR count). The number of benzene rings is 2. The van der Waals surface area contributed by atoms with Crippen molar-refractivity contribution in [2.75, 3.05) is 36.8 Å². The van der Waals surface area contributed by atoms with E-state index in [1.807, 2.05) is 62.4 Å². The van der Waals surface area contributed by atoms with Gasteiger partial charge in [-0.15, -0.1) is 0 Å². The zero-order valence-corrected chi connectivity index (χ0v) is 23.7. The van der Waals surface area contributed by atoms with Crippen LogP contribution in [0.15, 0.2) is 90.8 Å². The normalized spacial score (nSPS) is 15.0. The Labute approximate surface area is 239 Å². The monoisotopic (exact) mass is 554 g/mol. The van der Waals surface area contributed by atoms with Crippen LogP contribution in [0.5, 0.6) is 5.75 Å². The van der Waals surface area contributed by atoms with Gasteiger partial charge in [0.25, 0.3) is 5.91 Å². The third-order valence-electron chi connectivity index (χ3n) is 6.60. The van der Waals surface area contributed by atoms with Gasteiger partial charge in [-0.1, -0.05) is 48.3 Å². The topological polar surface area (TPSA) is 91.8 Å². The van der Waals surface area contributed by atoms with E-state index >= 15 is 0 Å². The SMILES string of the molecule is C/C=C\C(=C/C)C[S+]([O-])NC(=O)c1ccc(N2CCN(Cc3ccccc3C#Cc3cncc(O)c3)CC2)cc1. The predicted octanol–water partition coefficient (Wildman–Crippen LogP) is 4.43. The van der Waals surface area contributed by atoms with E-state index in [9.17, 15) is 14.5 Å². The lowest BCUT2D eigenvalue weighted by atomic mass is 10.1. The lowest BCUT2D eigenvalue weighted by molar-refractivity contribution is 0.0981. The lowest BCUT2D eigenvalue weighted by Gasteiger charge is -2.36. The summed E-state index contributed by atoms with van der Waals surface area (Å²) >= 11 is -1.48. The molecule has 2 aromatic carbocycles. The highest BCUT2D eigenvalue weighted by atomic mass is 32.2. The molecule has 1 amide bonds. The first-order chi connectivity index (χ1) is 19.4. The van der Waals surface area contributed by atoms with Crippen molar-refractivity contribution in [2.24, 2.45) is 0 Å². The maximum absolute atomic E-state index is 12.6. The predicted molar refractivity (Wildman–Crippen MR) is 161 cm³/mol. The maximum atomic E-state index is 12.6. The van der Waals surface area contributed by atoms with Crippen LogP contribution >= 0.6 is 0 Å². The lowest BCUT2D eigenvalue weighted by Crippen LogP contribution is -2.46. The highest BCUT2D eigenvalue weighted by Gasteiger charge is 2.19. The average Bonchev–Trinajstić information content (AvgIpc) is 2.97. The number of aromatic hydroxyl groups is 1. The number of pyridine rings is 1. The smallest absolute Gasteiger partial charge is 0.292 e. The molecule has 1 aliphatic heterocycles. The zero-order chi connectivity index (χ0) is 28.3. The number of nitrogens with zero attached hydrogens (tertiary/aromatic N) is 3. The van der Waals surface area contributed by atoms with Crippen molar-refractivity contribution in [2.45, 2.75) is 20.4 Å². The van der Waals surface area contributed by atoms with Crippen LogP contribution in [0.3, 0.4) is 0 Å². The van der Waals surface area contributed by atoms with Gasteiger partial charge in [0, 0.05) is 61.3 Å². The van der Waals surface area contributed by atoms with Crippen LogP contribution < -0.4 is 9.62 Å². The summed E-state index contributed by atoms with van der Waals surface area (Å²) < 4.78 is 14.9. The van der Waals surface area contributed by atoms with E-state index in [2.05, 4.69) is 37.4 Å². The number of aromatic nitrogens is 1. The quantitative estimate of drug-likeness (QED) is 0.243. The zero-order valence-electron chi connectivity index (χ0n) is 22.8. The second-order valence-corrected chi connectivity index (χ2v) is 10.6.